The molecule has 2 N–H and O–H groups in total. The van der Waals surface area contributed by atoms with Crippen LogP contribution in [0.4, 0.5) is 18.9 Å². The van der Waals surface area contributed by atoms with E-state index in [1.165, 1.54) is 13.0 Å². The summed E-state index contributed by atoms with van der Waals surface area (Å²) in [6.07, 6.45) is -2.75. The Kier molecular flexibility index (Phi) is 3.83. The van der Waals surface area contributed by atoms with E-state index in [4.69, 9.17) is 5.73 Å². The van der Waals surface area contributed by atoms with Gasteiger partial charge in [-0.2, -0.15) is 13.2 Å². The van der Waals surface area contributed by atoms with Crippen molar-refractivity contribution < 1.29 is 13.2 Å². The number of nitrogen functional groups attached to an aromatic ring is 1. The van der Waals surface area contributed by atoms with Crippen molar-refractivity contribution >= 4 is 32.7 Å². The third-order valence-corrected chi connectivity index (χ3v) is 4.40. The van der Waals surface area contributed by atoms with Crippen molar-refractivity contribution in [2.75, 3.05) is 5.73 Å². The maximum absolute atomic E-state index is 13.0. The van der Waals surface area contributed by atoms with Crippen LogP contribution >= 0.6 is 15.9 Å². The van der Waals surface area contributed by atoms with Gasteiger partial charge in [-0.25, -0.2) is 4.98 Å². The molecule has 0 fully saturated rings. The van der Waals surface area contributed by atoms with E-state index in [0.29, 0.717) is 17.8 Å². The highest BCUT2D eigenvalue weighted by atomic mass is 79.9. The van der Waals surface area contributed by atoms with E-state index < -0.39 is 11.7 Å². The number of hydrogen-bond donors (Lipinski definition) is 1. The lowest BCUT2D eigenvalue weighted by molar-refractivity contribution is -0.138. The van der Waals surface area contributed by atoms with Gasteiger partial charge in [0.15, 0.2) is 0 Å². The first-order chi connectivity index (χ1) is 10.8. The molecule has 7 heteroatoms. The number of fused-ring (bicyclic) bond motifs is 1. The molecule has 3 aromatic rings. The van der Waals surface area contributed by atoms with Crippen molar-refractivity contribution in [2.24, 2.45) is 0 Å². The number of nitrogens with two attached hydrogens (primary N) is 1. The standard InChI is InChI=1S/C16H13BrF3N3/c1-9-10(3-2-4-12(9)16(18,19)20)7-23-8-22-15-13(17)5-11(21)6-14(15)23/h2-6,8H,7,21H2,1H3. The zero-order valence-corrected chi connectivity index (χ0v) is 13.7. The number of alkyl halides is 3. The molecule has 0 saturated heterocycles. The van der Waals surface area contributed by atoms with Crippen LogP contribution < -0.4 is 5.73 Å². The predicted octanol–water partition coefficient (Wildman–Crippen LogP) is 4.76. The molecule has 0 aliphatic heterocycles. The van der Waals surface area contributed by atoms with E-state index in [0.717, 1.165) is 21.6 Å². The number of rotatable bonds is 2. The van der Waals surface area contributed by atoms with Gasteiger partial charge < -0.3 is 10.3 Å². The number of halogens is 4. The van der Waals surface area contributed by atoms with Crippen LogP contribution in [0.15, 0.2) is 41.1 Å². The molecule has 1 aromatic heterocycles. The quantitative estimate of drug-likeness (QED) is 0.648. The van der Waals surface area contributed by atoms with Gasteiger partial charge in [-0.1, -0.05) is 12.1 Å². The number of imidazole rings is 1. The molecule has 0 amide bonds. The van der Waals surface area contributed by atoms with Gasteiger partial charge in [0.2, 0.25) is 0 Å². The summed E-state index contributed by atoms with van der Waals surface area (Å²) in [7, 11) is 0. The Morgan fingerprint density at radius 3 is 2.70 bits per heavy atom. The fourth-order valence-electron chi connectivity index (χ4n) is 2.61. The van der Waals surface area contributed by atoms with Crippen molar-refractivity contribution in [3.8, 4) is 0 Å². The average Bonchev–Trinajstić information content (AvgIpc) is 2.83. The van der Waals surface area contributed by atoms with Crippen LogP contribution in [0.25, 0.3) is 11.0 Å². The predicted molar refractivity (Wildman–Crippen MR) is 87.1 cm³/mol. The van der Waals surface area contributed by atoms with Crippen LogP contribution in [0.2, 0.25) is 0 Å². The fraction of sp³-hybridized carbons (Fsp3) is 0.188. The van der Waals surface area contributed by atoms with E-state index >= 15 is 0 Å². The summed E-state index contributed by atoms with van der Waals surface area (Å²) in [6.45, 7) is 1.78. The molecular formula is C16H13BrF3N3. The van der Waals surface area contributed by atoms with Gasteiger partial charge in [0.25, 0.3) is 0 Å². The molecule has 23 heavy (non-hydrogen) atoms. The van der Waals surface area contributed by atoms with Crippen LogP contribution in [-0.2, 0) is 12.7 Å². The van der Waals surface area contributed by atoms with E-state index in [-0.39, 0.29) is 5.56 Å². The van der Waals surface area contributed by atoms with Crippen LogP contribution in [0.5, 0.6) is 0 Å². The Balaban J connectivity index is 2.07. The zero-order valence-electron chi connectivity index (χ0n) is 12.2. The van der Waals surface area contributed by atoms with Crippen LogP contribution in [-0.4, -0.2) is 9.55 Å². The second-order valence-corrected chi connectivity index (χ2v) is 6.18. The van der Waals surface area contributed by atoms with E-state index in [1.54, 1.807) is 29.1 Å². The lowest BCUT2D eigenvalue weighted by Gasteiger charge is -2.14. The van der Waals surface area contributed by atoms with Crippen molar-refractivity contribution in [2.45, 2.75) is 19.6 Å². The lowest BCUT2D eigenvalue weighted by Crippen LogP contribution is -2.10. The summed E-state index contributed by atoms with van der Waals surface area (Å²) in [5.74, 6) is 0. The van der Waals surface area contributed by atoms with Gasteiger partial charge in [-0.3, -0.25) is 0 Å². The van der Waals surface area contributed by atoms with E-state index in [9.17, 15) is 13.2 Å². The Morgan fingerprint density at radius 2 is 2.00 bits per heavy atom. The van der Waals surface area contributed by atoms with Gasteiger partial charge in [-0.15, -0.1) is 0 Å². The van der Waals surface area contributed by atoms with Crippen molar-refractivity contribution in [3.63, 3.8) is 0 Å². The first-order valence-corrected chi connectivity index (χ1v) is 7.62. The highest BCUT2D eigenvalue weighted by Gasteiger charge is 2.32. The number of anilines is 1. The molecule has 1 heterocycles. The first kappa shape index (κ1) is 15.9. The van der Waals surface area contributed by atoms with Gasteiger partial charge in [-0.05, 0) is 52.2 Å². The molecule has 0 saturated carbocycles. The zero-order chi connectivity index (χ0) is 16.8. The van der Waals surface area contributed by atoms with Gasteiger partial charge in [0.05, 0.1) is 17.4 Å². The van der Waals surface area contributed by atoms with Crippen molar-refractivity contribution in [3.05, 3.63) is 57.8 Å². The molecule has 2 aromatic carbocycles. The fourth-order valence-corrected chi connectivity index (χ4v) is 3.18. The second kappa shape index (κ2) is 5.56. The van der Waals surface area contributed by atoms with Gasteiger partial charge in [0.1, 0.15) is 5.52 Å². The van der Waals surface area contributed by atoms with Crippen molar-refractivity contribution in [1.82, 2.24) is 9.55 Å². The largest absolute Gasteiger partial charge is 0.416 e. The Labute approximate surface area is 139 Å². The highest BCUT2D eigenvalue weighted by molar-refractivity contribution is 9.10. The molecule has 0 aliphatic carbocycles. The summed E-state index contributed by atoms with van der Waals surface area (Å²) < 4.78 is 41.6. The average molecular weight is 384 g/mol. The summed E-state index contributed by atoms with van der Waals surface area (Å²) in [5.41, 5.74) is 8.11. The number of nitrogens with zero attached hydrogens (tertiary/aromatic N) is 2. The van der Waals surface area contributed by atoms with Crippen LogP contribution in [0.1, 0.15) is 16.7 Å². The molecule has 0 aliphatic rings. The highest BCUT2D eigenvalue weighted by Crippen LogP contribution is 2.33. The molecule has 0 atom stereocenters. The monoisotopic (exact) mass is 383 g/mol. The van der Waals surface area contributed by atoms with Crippen LogP contribution in [0, 0.1) is 6.92 Å². The third-order valence-electron chi connectivity index (χ3n) is 3.79. The van der Waals surface area contributed by atoms with Crippen molar-refractivity contribution in [1.29, 1.82) is 0 Å². The van der Waals surface area contributed by atoms with Gasteiger partial charge in [0, 0.05) is 16.7 Å². The molecule has 0 unspecified atom stereocenters. The van der Waals surface area contributed by atoms with E-state index in [1.807, 2.05) is 0 Å². The SMILES string of the molecule is Cc1c(Cn2cnc3c(Br)cc(N)cc32)cccc1C(F)(F)F. The molecule has 0 spiro atoms. The molecular weight excluding hydrogens is 371 g/mol. The Hall–Kier alpha value is -2.02. The first-order valence-electron chi connectivity index (χ1n) is 6.83. The third kappa shape index (κ3) is 2.93. The topological polar surface area (TPSA) is 43.8 Å². The minimum atomic E-state index is -4.36. The smallest absolute Gasteiger partial charge is 0.399 e. The molecule has 120 valence electrons. The molecule has 0 bridgehead atoms. The Morgan fingerprint density at radius 1 is 1.26 bits per heavy atom. The number of aromatic nitrogens is 2. The minimum Gasteiger partial charge on any atom is -0.399 e. The lowest BCUT2D eigenvalue weighted by atomic mass is 10.0. The second-order valence-electron chi connectivity index (χ2n) is 5.33. The normalized spacial score (nSPS) is 12.0. The van der Waals surface area contributed by atoms with Gasteiger partial charge >= 0.3 is 6.18 Å². The van der Waals surface area contributed by atoms with E-state index in [2.05, 4.69) is 20.9 Å². The number of hydrogen-bond acceptors (Lipinski definition) is 2. The summed E-state index contributed by atoms with van der Waals surface area (Å²) in [6, 6.07) is 7.72. The molecule has 0 radical (unpaired) electrons. The van der Waals surface area contributed by atoms with Crippen LogP contribution in [0.3, 0.4) is 0 Å². The maximum atomic E-state index is 13.0. The molecule has 3 rings (SSSR count). The number of benzene rings is 2. The molecule has 3 nitrogen and oxygen atoms in total. The summed E-state index contributed by atoms with van der Waals surface area (Å²) in [4.78, 5) is 4.29. The Bertz CT molecular complexity index is 884. The maximum Gasteiger partial charge on any atom is 0.416 e. The minimum absolute atomic E-state index is 0.227. The summed E-state index contributed by atoms with van der Waals surface area (Å²) >= 11 is 3.39. The summed E-state index contributed by atoms with van der Waals surface area (Å²) in [5, 5.41) is 0.